The van der Waals surface area contributed by atoms with Gasteiger partial charge in [-0.3, -0.25) is 0 Å². The zero-order valence-corrected chi connectivity index (χ0v) is 32.6. The highest BCUT2D eigenvalue weighted by Crippen LogP contribution is 2.52. The molecule has 0 aromatic heterocycles. The van der Waals surface area contributed by atoms with Crippen molar-refractivity contribution >= 4 is 0 Å². The molecule has 0 amide bonds. The van der Waals surface area contributed by atoms with Crippen molar-refractivity contribution in [3.63, 3.8) is 0 Å². The number of fused-ring (bicyclic) bond motifs is 8. The maximum atomic E-state index is 6.02. The van der Waals surface area contributed by atoms with Crippen LogP contribution in [-0.2, 0) is 42.6 Å². The molecule has 2 aromatic carbocycles. The fraction of sp³-hybridized carbons (Fsp3) is 0.733. The molecule has 1 N–H and O–H groups in total. The monoisotopic (exact) mass is 704 g/mol. The third kappa shape index (κ3) is 9.59. The Bertz CT molecular complexity index is 1360. The summed E-state index contributed by atoms with van der Waals surface area (Å²) >= 11 is 0. The average Bonchev–Trinajstić information content (AvgIpc) is 3.12. The van der Waals surface area contributed by atoms with Gasteiger partial charge >= 0.3 is 0 Å². The Kier molecular flexibility index (Phi) is 14.3. The van der Waals surface area contributed by atoms with Gasteiger partial charge in [-0.25, -0.2) is 0 Å². The van der Waals surface area contributed by atoms with Crippen LogP contribution in [0.3, 0.4) is 0 Å². The largest absolute Gasteiger partial charge is 0.497 e. The molecule has 0 saturated heterocycles. The molecule has 6 atom stereocenters. The summed E-state index contributed by atoms with van der Waals surface area (Å²) in [6.07, 6.45) is 18.2. The molecule has 0 aliphatic heterocycles. The second kappa shape index (κ2) is 18.9. The third-order valence-corrected chi connectivity index (χ3v) is 13.4. The minimum Gasteiger partial charge on any atom is -0.497 e. The quantitative estimate of drug-likeness (QED) is 0.157. The van der Waals surface area contributed by atoms with Crippen molar-refractivity contribution < 1.29 is 23.7 Å². The van der Waals surface area contributed by atoms with Crippen molar-refractivity contribution in [2.75, 3.05) is 66.5 Å². The Labute approximate surface area is 310 Å². The first kappa shape index (κ1) is 38.8. The predicted molar refractivity (Wildman–Crippen MR) is 207 cm³/mol. The van der Waals surface area contributed by atoms with E-state index < -0.39 is 0 Å². The van der Waals surface area contributed by atoms with Gasteiger partial charge in [0, 0.05) is 24.6 Å². The molecule has 284 valence electrons. The van der Waals surface area contributed by atoms with Gasteiger partial charge in [0.1, 0.15) is 5.75 Å². The van der Waals surface area contributed by atoms with E-state index in [0.29, 0.717) is 63.6 Å². The van der Waals surface area contributed by atoms with Gasteiger partial charge in [0.05, 0.1) is 53.4 Å². The lowest BCUT2D eigenvalue weighted by atomic mass is 9.55. The SMILES string of the molecule is COc1ccc2c(c1)[C@@]1(C)CCCCC[C@@H](C2)[C@@H]1NCCOCCOCCOCCOCCC[C@H]1[C@H]2CCCCC[C@]1(C)c1cc(C)ccc1C2. The van der Waals surface area contributed by atoms with Crippen molar-refractivity contribution in [2.24, 2.45) is 17.8 Å². The summed E-state index contributed by atoms with van der Waals surface area (Å²) in [4.78, 5) is 0. The lowest BCUT2D eigenvalue weighted by Gasteiger charge is -2.49. The molecule has 2 saturated carbocycles. The fourth-order valence-corrected chi connectivity index (χ4v) is 10.8. The number of ether oxygens (including phenoxy) is 5. The van der Waals surface area contributed by atoms with Crippen molar-refractivity contribution in [2.45, 2.75) is 128 Å². The molecule has 0 heterocycles. The maximum absolute atomic E-state index is 6.02. The standard InChI is InChI=1S/C45H69NO5/c1-34-15-16-36-31-35-12-7-5-9-19-44(2,41(36)30-34)40(35)14-11-22-48-24-26-50-28-29-51-27-25-49-23-21-46-43-38-13-8-6-10-20-45(43,3)42-33-39(47-4)18-17-37(42)32-38/h15-18,30,33,35,38,40,43,46H,5-14,19-29,31-32H2,1-4H3/t35-,38-,40-,43-,44-,45+/m0/s1. The van der Waals surface area contributed by atoms with Crippen LogP contribution in [-0.4, -0.2) is 72.6 Å². The third-order valence-electron chi connectivity index (χ3n) is 13.4. The maximum Gasteiger partial charge on any atom is 0.119 e. The van der Waals surface area contributed by atoms with E-state index >= 15 is 0 Å². The van der Waals surface area contributed by atoms with Gasteiger partial charge in [-0.15, -0.1) is 0 Å². The first-order chi connectivity index (χ1) is 24.9. The normalized spacial score (nSPS) is 28.9. The smallest absolute Gasteiger partial charge is 0.119 e. The van der Waals surface area contributed by atoms with Gasteiger partial charge < -0.3 is 29.0 Å². The molecule has 0 unspecified atom stereocenters. The highest BCUT2D eigenvalue weighted by Gasteiger charge is 2.46. The second-order valence-corrected chi connectivity index (χ2v) is 16.8. The Balaban J connectivity index is 0.803. The molecule has 6 rings (SSSR count). The summed E-state index contributed by atoms with van der Waals surface area (Å²) in [7, 11) is 1.78. The lowest BCUT2D eigenvalue weighted by Crippen LogP contribution is -2.56. The van der Waals surface area contributed by atoms with E-state index in [1.165, 1.54) is 93.7 Å². The van der Waals surface area contributed by atoms with E-state index in [9.17, 15) is 0 Å². The van der Waals surface area contributed by atoms with Crippen LogP contribution in [0.5, 0.6) is 5.75 Å². The topological polar surface area (TPSA) is 58.2 Å². The summed E-state index contributed by atoms with van der Waals surface area (Å²) in [5.74, 6) is 3.23. The predicted octanol–water partition coefficient (Wildman–Crippen LogP) is 8.91. The van der Waals surface area contributed by atoms with E-state index in [2.05, 4.69) is 62.5 Å². The van der Waals surface area contributed by atoms with Crippen LogP contribution >= 0.6 is 0 Å². The number of hydrogen-bond acceptors (Lipinski definition) is 6. The van der Waals surface area contributed by atoms with E-state index in [1.54, 1.807) is 18.2 Å². The number of methoxy groups -OCH3 is 1. The molecule has 4 bridgehead atoms. The minimum absolute atomic E-state index is 0.125. The van der Waals surface area contributed by atoms with Crippen LogP contribution in [0.2, 0.25) is 0 Å². The van der Waals surface area contributed by atoms with Crippen molar-refractivity contribution in [3.8, 4) is 5.75 Å². The summed E-state index contributed by atoms with van der Waals surface area (Å²) in [5.41, 5.74) is 8.11. The second-order valence-electron chi connectivity index (χ2n) is 16.8. The molecule has 6 heteroatoms. The molecule has 2 aromatic rings. The van der Waals surface area contributed by atoms with E-state index in [4.69, 9.17) is 23.7 Å². The van der Waals surface area contributed by atoms with E-state index in [-0.39, 0.29) is 5.41 Å². The summed E-state index contributed by atoms with van der Waals surface area (Å²) in [6, 6.07) is 14.5. The first-order valence-electron chi connectivity index (χ1n) is 20.7. The molecule has 2 fully saturated rings. The molecule has 6 nitrogen and oxygen atoms in total. The molecular weight excluding hydrogens is 634 g/mol. The van der Waals surface area contributed by atoms with Crippen LogP contribution in [0, 0.1) is 24.7 Å². The molecular formula is C45H69NO5. The Morgan fingerprint density at radius 1 is 0.647 bits per heavy atom. The van der Waals surface area contributed by atoms with Crippen LogP contribution < -0.4 is 10.1 Å². The van der Waals surface area contributed by atoms with Crippen molar-refractivity contribution in [1.29, 1.82) is 0 Å². The minimum atomic E-state index is 0.125. The van der Waals surface area contributed by atoms with Gasteiger partial charge in [0.2, 0.25) is 0 Å². The van der Waals surface area contributed by atoms with Gasteiger partial charge in [-0.1, -0.05) is 82.2 Å². The Hall–Kier alpha value is -1.96. The molecule has 0 spiro atoms. The molecule has 4 aliphatic carbocycles. The van der Waals surface area contributed by atoms with Crippen LogP contribution in [0.4, 0.5) is 0 Å². The number of aryl methyl sites for hydroxylation is 1. The van der Waals surface area contributed by atoms with E-state index in [0.717, 1.165) is 43.6 Å². The Morgan fingerprint density at radius 3 is 1.94 bits per heavy atom. The molecule has 51 heavy (non-hydrogen) atoms. The zero-order chi connectivity index (χ0) is 35.5. The van der Waals surface area contributed by atoms with Crippen molar-refractivity contribution in [3.05, 3.63) is 64.2 Å². The summed E-state index contributed by atoms with van der Waals surface area (Å²) in [5, 5.41) is 3.95. The highest BCUT2D eigenvalue weighted by molar-refractivity contribution is 5.45. The lowest BCUT2D eigenvalue weighted by molar-refractivity contribution is -0.00335. The van der Waals surface area contributed by atoms with Crippen LogP contribution in [0.15, 0.2) is 36.4 Å². The fourth-order valence-electron chi connectivity index (χ4n) is 10.8. The van der Waals surface area contributed by atoms with Crippen LogP contribution in [0.25, 0.3) is 0 Å². The zero-order valence-electron chi connectivity index (χ0n) is 32.6. The Morgan fingerprint density at radius 2 is 1.24 bits per heavy atom. The summed E-state index contributed by atoms with van der Waals surface area (Å²) in [6.45, 7) is 13.4. The average molecular weight is 704 g/mol. The van der Waals surface area contributed by atoms with Crippen LogP contribution in [0.1, 0.15) is 119 Å². The number of benzene rings is 2. The van der Waals surface area contributed by atoms with Crippen molar-refractivity contribution in [1.82, 2.24) is 5.32 Å². The summed E-state index contributed by atoms with van der Waals surface area (Å²) < 4.78 is 29.2. The first-order valence-corrected chi connectivity index (χ1v) is 20.7. The molecule has 4 aliphatic rings. The number of hydrogen-bond donors (Lipinski definition) is 1. The molecule has 0 radical (unpaired) electrons. The van der Waals surface area contributed by atoms with Gasteiger partial charge in [-0.2, -0.15) is 0 Å². The highest BCUT2D eigenvalue weighted by atomic mass is 16.6. The number of rotatable bonds is 18. The van der Waals surface area contributed by atoms with E-state index in [1.807, 2.05) is 0 Å². The number of nitrogens with one attached hydrogen (secondary N) is 1. The van der Waals surface area contributed by atoms with Gasteiger partial charge in [-0.05, 0) is 116 Å². The van der Waals surface area contributed by atoms with Gasteiger partial charge in [0.25, 0.3) is 0 Å². The van der Waals surface area contributed by atoms with Gasteiger partial charge in [0.15, 0.2) is 0 Å².